The molecule has 2 saturated heterocycles. The maximum absolute atomic E-state index is 6.31. The zero-order valence-corrected chi connectivity index (χ0v) is 21.3. The number of hydrogen-bond donors (Lipinski definition) is 1. The van der Waals surface area contributed by atoms with Crippen LogP contribution < -0.4 is 5.32 Å². The van der Waals surface area contributed by atoms with E-state index in [-0.39, 0.29) is 30.6 Å². The van der Waals surface area contributed by atoms with E-state index in [1.807, 2.05) is 13.8 Å². The van der Waals surface area contributed by atoms with Gasteiger partial charge in [-0.05, 0) is 39.7 Å². The Morgan fingerprint density at radius 1 is 0.839 bits per heavy atom. The molecule has 6 atom stereocenters. The third-order valence-corrected chi connectivity index (χ3v) is 6.80. The van der Waals surface area contributed by atoms with Crippen molar-refractivity contribution in [3.05, 3.63) is 0 Å². The van der Waals surface area contributed by atoms with Crippen molar-refractivity contribution in [3.63, 3.8) is 0 Å². The average molecular weight is 442 g/mol. The second-order valence-electron chi connectivity index (χ2n) is 10.3. The van der Waals surface area contributed by atoms with E-state index in [1.54, 1.807) is 0 Å². The fourth-order valence-corrected chi connectivity index (χ4v) is 4.56. The van der Waals surface area contributed by atoms with E-state index in [2.05, 4.69) is 33.0 Å². The third-order valence-electron chi connectivity index (χ3n) is 6.80. The van der Waals surface area contributed by atoms with Gasteiger partial charge in [-0.1, -0.05) is 85.0 Å². The van der Waals surface area contributed by atoms with Gasteiger partial charge in [0.2, 0.25) is 0 Å². The van der Waals surface area contributed by atoms with Gasteiger partial charge in [-0.3, -0.25) is 0 Å². The number of rotatable bonds is 17. The van der Waals surface area contributed by atoms with Crippen molar-refractivity contribution in [3.8, 4) is 0 Å². The van der Waals surface area contributed by atoms with Crippen molar-refractivity contribution in [2.45, 2.75) is 149 Å². The molecule has 2 unspecified atom stereocenters. The number of nitrogens with one attached hydrogen (secondary N) is 1. The normalized spacial score (nSPS) is 29.2. The highest BCUT2D eigenvalue weighted by Gasteiger charge is 2.56. The molecule has 5 heteroatoms. The molecule has 2 heterocycles. The van der Waals surface area contributed by atoms with Gasteiger partial charge >= 0.3 is 0 Å². The van der Waals surface area contributed by atoms with Gasteiger partial charge in [0.05, 0.1) is 0 Å². The summed E-state index contributed by atoms with van der Waals surface area (Å²) in [6.07, 6.45) is 13.9. The van der Waals surface area contributed by atoms with Crippen molar-refractivity contribution < 1.29 is 18.9 Å². The Bertz CT molecular complexity index is 472. The van der Waals surface area contributed by atoms with Crippen LogP contribution in [0.2, 0.25) is 0 Å². The van der Waals surface area contributed by atoms with Crippen LogP contribution in [0.3, 0.4) is 0 Å². The van der Waals surface area contributed by atoms with E-state index in [1.165, 1.54) is 64.2 Å². The standard InChI is InChI=1S/C26H51NO4/c1-7-9-10-11-12-13-14-15-16-17-18-28-25-24-23(30-26(5,6)31-24)22(29-25)21(4)27-19-20(3)8-2/h20-25,27H,7-19H2,1-6H3/t20?,21?,22-,23-,24-,25-/m1/s1. The van der Waals surface area contributed by atoms with Crippen molar-refractivity contribution in [1.82, 2.24) is 5.32 Å². The summed E-state index contributed by atoms with van der Waals surface area (Å²) >= 11 is 0. The first-order chi connectivity index (χ1) is 14.9. The van der Waals surface area contributed by atoms with Gasteiger partial charge in [0.25, 0.3) is 0 Å². The minimum Gasteiger partial charge on any atom is -0.350 e. The third kappa shape index (κ3) is 9.29. The number of ether oxygens (including phenoxy) is 4. The average Bonchev–Trinajstić information content (AvgIpc) is 3.23. The molecule has 5 nitrogen and oxygen atoms in total. The van der Waals surface area contributed by atoms with Crippen LogP contribution in [0.1, 0.15) is 112 Å². The SMILES string of the molecule is CCCCCCCCCCCCO[C@@H]1O[C@H](C(C)NCC(C)CC)[C@H]2OC(C)(C)O[C@@H]12. The summed E-state index contributed by atoms with van der Waals surface area (Å²) in [7, 11) is 0. The first-order valence-corrected chi connectivity index (χ1v) is 13.2. The van der Waals surface area contributed by atoms with Crippen molar-refractivity contribution in [2.75, 3.05) is 13.2 Å². The van der Waals surface area contributed by atoms with Gasteiger partial charge in [0, 0.05) is 12.6 Å². The highest BCUT2D eigenvalue weighted by atomic mass is 16.8. The van der Waals surface area contributed by atoms with Crippen LogP contribution in [0.4, 0.5) is 0 Å². The summed E-state index contributed by atoms with van der Waals surface area (Å²) in [4.78, 5) is 0. The quantitative estimate of drug-likeness (QED) is 0.273. The fourth-order valence-electron chi connectivity index (χ4n) is 4.56. The highest BCUT2D eigenvalue weighted by Crippen LogP contribution is 2.40. The molecule has 184 valence electrons. The molecule has 31 heavy (non-hydrogen) atoms. The summed E-state index contributed by atoms with van der Waals surface area (Å²) in [5, 5.41) is 3.63. The summed E-state index contributed by atoms with van der Waals surface area (Å²) in [5.41, 5.74) is 0. The lowest BCUT2D eigenvalue weighted by atomic mass is 10.0. The molecule has 0 aromatic rings. The maximum atomic E-state index is 6.31. The van der Waals surface area contributed by atoms with Crippen LogP contribution in [0.5, 0.6) is 0 Å². The van der Waals surface area contributed by atoms with Crippen LogP contribution in [0, 0.1) is 5.92 Å². The Kier molecular flexibility index (Phi) is 12.3. The minimum absolute atomic E-state index is 0.0476. The molecule has 0 spiro atoms. The molecule has 0 aromatic carbocycles. The second kappa shape index (κ2) is 14.1. The summed E-state index contributed by atoms with van der Waals surface area (Å²) in [6, 6.07) is 0.199. The molecule has 2 rings (SSSR count). The monoisotopic (exact) mass is 441 g/mol. The van der Waals surface area contributed by atoms with E-state index >= 15 is 0 Å². The highest BCUT2D eigenvalue weighted by molar-refractivity contribution is 4.98. The van der Waals surface area contributed by atoms with E-state index in [0.717, 1.165) is 19.6 Å². The van der Waals surface area contributed by atoms with Gasteiger partial charge < -0.3 is 24.3 Å². The predicted molar refractivity (Wildman–Crippen MR) is 127 cm³/mol. The number of fused-ring (bicyclic) bond motifs is 1. The minimum atomic E-state index is -0.577. The maximum Gasteiger partial charge on any atom is 0.187 e. The van der Waals surface area contributed by atoms with Crippen LogP contribution in [0.15, 0.2) is 0 Å². The van der Waals surface area contributed by atoms with Crippen molar-refractivity contribution in [1.29, 1.82) is 0 Å². The summed E-state index contributed by atoms with van der Waals surface area (Å²) < 4.78 is 24.8. The molecule has 0 amide bonds. The number of unbranched alkanes of at least 4 members (excludes halogenated alkanes) is 9. The lowest BCUT2D eigenvalue weighted by molar-refractivity contribution is -0.236. The van der Waals surface area contributed by atoms with Crippen LogP contribution >= 0.6 is 0 Å². The van der Waals surface area contributed by atoms with Crippen LogP contribution in [-0.2, 0) is 18.9 Å². The fraction of sp³-hybridized carbons (Fsp3) is 1.00. The van der Waals surface area contributed by atoms with Crippen LogP contribution in [-0.4, -0.2) is 49.6 Å². The topological polar surface area (TPSA) is 49.0 Å². The smallest absolute Gasteiger partial charge is 0.187 e. The van der Waals surface area contributed by atoms with Gasteiger partial charge in [-0.15, -0.1) is 0 Å². The molecular weight excluding hydrogens is 390 g/mol. The van der Waals surface area contributed by atoms with Gasteiger partial charge in [-0.25, -0.2) is 0 Å². The first kappa shape index (κ1) is 27.0. The lowest BCUT2D eigenvalue weighted by Crippen LogP contribution is -2.46. The van der Waals surface area contributed by atoms with Crippen LogP contribution in [0.25, 0.3) is 0 Å². The summed E-state index contributed by atoms with van der Waals surface area (Å²) in [5.74, 6) is 0.0761. The second-order valence-corrected chi connectivity index (χ2v) is 10.3. The van der Waals surface area contributed by atoms with Gasteiger partial charge in [0.15, 0.2) is 12.1 Å². The predicted octanol–water partition coefficient (Wildman–Crippen LogP) is 6.19. The first-order valence-electron chi connectivity index (χ1n) is 13.2. The molecule has 2 aliphatic rings. The van der Waals surface area contributed by atoms with Gasteiger partial charge in [-0.2, -0.15) is 0 Å². The largest absolute Gasteiger partial charge is 0.350 e. The molecule has 2 aliphatic heterocycles. The Balaban J connectivity index is 1.66. The van der Waals surface area contributed by atoms with E-state index in [9.17, 15) is 0 Å². The molecule has 0 saturated carbocycles. The van der Waals surface area contributed by atoms with E-state index < -0.39 is 5.79 Å². The molecule has 0 bridgehead atoms. The summed E-state index contributed by atoms with van der Waals surface area (Å²) in [6.45, 7) is 14.7. The molecule has 2 fully saturated rings. The Labute approximate surface area is 192 Å². The Hall–Kier alpha value is -0.200. The molecule has 0 aromatic heterocycles. The molecular formula is C26H51NO4. The number of hydrogen-bond acceptors (Lipinski definition) is 5. The van der Waals surface area contributed by atoms with Crippen molar-refractivity contribution in [2.24, 2.45) is 5.92 Å². The Morgan fingerprint density at radius 3 is 2.03 bits per heavy atom. The zero-order valence-electron chi connectivity index (χ0n) is 21.3. The van der Waals surface area contributed by atoms with E-state index in [0.29, 0.717) is 5.92 Å². The van der Waals surface area contributed by atoms with Gasteiger partial charge in [0.1, 0.15) is 18.3 Å². The zero-order chi connectivity index (χ0) is 22.7. The Morgan fingerprint density at radius 2 is 1.42 bits per heavy atom. The molecule has 1 N–H and O–H groups in total. The molecule has 0 radical (unpaired) electrons. The van der Waals surface area contributed by atoms with E-state index in [4.69, 9.17) is 18.9 Å². The van der Waals surface area contributed by atoms with Crippen molar-refractivity contribution >= 4 is 0 Å². The lowest BCUT2D eigenvalue weighted by Gasteiger charge is -2.28. The molecule has 0 aliphatic carbocycles.